The molecule has 0 fully saturated rings. The molecule has 13 heavy (non-hydrogen) atoms. The summed E-state index contributed by atoms with van der Waals surface area (Å²) < 4.78 is 4.81. The van der Waals surface area contributed by atoms with Gasteiger partial charge in [-0.05, 0) is 20.9 Å². The topological polar surface area (TPSA) is 104 Å². The molecule has 1 aromatic rings. The van der Waals surface area contributed by atoms with E-state index in [2.05, 4.69) is 25.9 Å². The summed E-state index contributed by atoms with van der Waals surface area (Å²) in [6.45, 7) is 0. The number of nitrogens with zero attached hydrogens (tertiary/aromatic N) is 3. The third-order valence-corrected chi connectivity index (χ3v) is 1.88. The Balaban J connectivity index is 3.35. The van der Waals surface area contributed by atoms with E-state index in [1.807, 2.05) is 0 Å². The number of nitrogen functional groups attached to an aromatic ring is 1. The van der Waals surface area contributed by atoms with Crippen LogP contribution in [-0.4, -0.2) is 22.0 Å². The van der Waals surface area contributed by atoms with Crippen LogP contribution in [0.3, 0.4) is 0 Å². The second-order valence-corrected chi connectivity index (χ2v) is 2.78. The molecule has 2 N–H and O–H groups in total. The van der Waals surface area contributed by atoms with E-state index < -0.39 is 10.7 Å². The maximum Gasteiger partial charge on any atom is 0.387 e. The Morgan fingerprint density at radius 2 is 2.23 bits per heavy atom. The Morgan fingerprint density at radius 1 is 1.62 bits per heavy atom. The number of hydrogen-bond donors (Lipinski definition) is 1. The van der Waals surface area contributed by atoms with Crippen LogP contribution in [0.5, 0.6) is 5.88 Å². The highest BCUT2D eigenvalue weighted by atomic mass is 79.9. The molecule has 0 unspecified atom stereocenters. The van der Waals surface area contributed by atoms with Crippen molar-refractivity contribution in [3.05, 3.63) is 14.6 Å². The highest BCUT2D eigenvalue weighted by molar-refractivity contribution is 9.10. The van der Waals surface area contributed by atoms with Crippen molar-refractivity contribution < 1.29 is 9.66 Å². The van der Waals surface area contributed by atoms with Gasteiger partial charge in [-0.1, -0.05) is 0 Å². The minimum atomic E-state index is -0.676. The minimum absolute atomic E-state index is 0.0409. The Labute approximate surface area is 81.2 Å². The van der Waals surface area contributed by atoms with Crippen molar-refractivity contribution in [3.63, 3.8) is 0 Å². The number of methoxy groups -OCH3 is 1. The van der Waals surface area contributed by atoms with E-state index >= 15 is 0 Å². The summed E-state index contributed by atoms with van der Waals surface area (Å²) in [6.07, 6.45) is 0. The highest BCUT2D eigenvalue weighted by Gasteiger charge is 2.21. The Kier molecular flexibility index (Phi) is 2.61. The van der Waals surface area contributed by atoms with Gasteiger partial charge in [-0.2, -0.15) is 4.98 Å². The molecule has 1 rings (SSSR count). The second-order valence-electron chi connectivity index (χ2n) is 1.99. The molecule has 8 heteroatoms. The van der Waals surface area contributed by atoms with Gasteiger partial charge in [0, 0.05) is 4.98 Å². The van der Waals surface area contributed by atoms with Crippen LogP contribution in [0.1, 0.15) is 0 Å². The SMILES string of the molecule is COc1nc(N)nc([N+](=O)[O-])c1Br. The van der Waals surface area contributed by atoms with Crippen molar-refractivity contribution in [3.8, 4) is 5.88 Å². The maximum atomic E-state index is 10.4. The molecule has 0 radical (unpaired) electrons. The van der Waals surface area contributed by atoms with Crippen LogP contribution < -0.4 is 10.5 Å². The van der Waals surface area contributed by atoms with Gasteiger partial charge >= 0.3 is 11.8 Å². The number of rotatable bonds is 2. The van der Waals surface area contributed by atoms with Gasteiger partial charge in [0.25, 0.3) is 0 Å². The molecule has 0 aliphatic heterocycles. The van der Waals surface area contributed by atoms with Gasteiger partial charge in [-0.25, -0.2) is 0 Å². The zero-order valence-electron chi connectivity index (χ0n) is 6.52. The fraction of sp³-hybridized carbons (Fsp3) is 0.200. The highest BCUT2D eigenvalue weighted by Crippen LogP contribution is 2.30. The van der Waals surface area contributed by atoms with Crippen LogP contribution in [-0.2, 0) is 0 Å². The minimum Gasteiger partial charge on any atom is -0.480 e. The molecule has 70 valence electrons. The molecule has 0 aromatic carbocycles. The number of anilines is 1. The van der Waals surface area contributed by atoms with E-state index in [4.69, 9.17) is 10.5 Å². The van der Waals surface area contributed by atoms with Crippen molar-refractivity contribution in [1.29, 1.82) is 0 Å². The van der Waals surface area contributed by atoms with Crippen LogP contribution in [0, 0.1) is 10.1 Å². The third-order valence-electron chi connectivity index (χ3n) is 1.19. The van der Waals surface area contributed by atoms with Crippen molar-refractivity contribution in [2.75, 3.05) is 12.8 Å². The fourth-order valence-electron chi connectivity index (χ4n) is 0.688. The van der Waals surface area contributed by atoms with Crippen molar-refractivity contribution in [2.24, 2.45) is 0 Å². The van der Waals surface area contributed by atoms with Gasteiger partial charge in [0.15, 0.2) is 4.47 Å². The monoisotopic (exact) mass is 248 g/mol. The summed E-state index contributed by atoms with van der Waals surface area (Å²) in [6, 6.07) is 0. The lowest BCUT2D eigenvalue weighted by atomic mass is 10.5. The van der Waals surface area contributed by atoms with E-state index in [0.29, 0.717) is 0 Å². The number of halogens is 1. The predicted molar refractivity (Wildman–Crippen MR) is 47.4 cm³/mol. The molecule has 0 aliphatic rings. The predicted octanol–water partition coefficient (Wildman–Crippen LogP) is 0.738. The first-order chi connectivity index (χ1) is 6.06. The third kappa shape index (κ3) is 1.83. The number of hydrogen-bond acceptors (Lipinski definition) is 6. The molecule has 0 bridgehead atoms. The molecule has 0 saturated heterocycles. The summed E-state index contributed by atoms with van der Waals surface area (Å²) in [7, 11) is 1.33. The summed E-state index contributed by atoms with van der Waals surface area (Å²) in [5, 5.41) is 10.4. The average molecular weight is 249 g/mol. The first kappa shape index (κ1) is 9.65. The summed E-state index contributed by atoms with van der Waals surface area (Å²) >= 11 is 2.93. The molecule has 0 saturated carbocycles. The molecular formula is C5H5BrN4O3. The zero-order chi connectivity index (χ0) is 10.0. The quantitative estimate of drug-likeness (QED) is 0.612. The van der Waals surface area contributed by atoms with Gasteiger partial charge in [0.05, 0.1) is 7.11 Å². The largest absolute Gasteiger partial charge is 0.480 e. The lowest BCUT2D eigenvalue weighted by molar-refractivity contribution is -0.390. The molecule has 0 amide bonds. The van der Waals surface area contributed by atoms with Gasteiger partial charge in [0.2, 0.25) is 5.88 Å². The molecule has 0 aliphatic carbocycles. The number of aromatic nitrogens is 2. The van der Waals surface area contributed by atoms with Crippen LogP contribution >= 0.6 is 15.9 Å². The number of nitro groups is 1. The Bertz CT molecular complexity index is 356. The molecule has 0 atom stereocenters. The van der Waals surface area contributed by atoms with E-state index in [1.165, 1.54) is 7.11 Å². The van der Waals surface area contributed by atoms with Crippen molar-refractivity contribution in [2.45, 2.75) is 0 Å². The van der Waals surface area contributed by atoms with Crippen LogP contribution in [0.15, 0.2) is 4.47 Å². The van der Waals surface area contributed by atoms with Gasteiger partial charge < -0.3 is 20.6 Å². The van der Waals surface area contributed by atoms with Gasteiger partial charge in [0.1, 0.15) is 0 Å². The Morgan fingerprint density at radius 3 is 2.69 bits per heavy atom. The smallest absolute Gasteiger partial charge is 0.387 e. The lowest BCUT2D eigenvalue weighted by Crippen LogP contribution is -2.03. The fourth-order valence-corrected chi connectivity index (χ4v) is 1.17. The zero-order valence-corrected chi connectivity index (χ0v) is 8.11. The molecular weight excluding hydrogens is 244 g/mol. The standard InChI is InChI=1S/C5H5BrN4O3/c1-13-4-2(6)3(10(11)12)8-5(7)9-4/h1H3,(H2,7,8,9). The molecule has 1 aromatic heterocycles. The summed E-state index contributed by atoms with van der Waals surface area (Å²) in [5.41, 5.74) is 5.21. The van der Waals surface area contributed by atoms with Gasteiger partial charge in [-0.15, -0.1) is 0 Å². The summed E-state index contributed by atoms with van der Waals surface area (Å²) in [5.74, 6) is -0.574. The average Bonchev–Trinajstić information content (AvgIpc) is 2.08. The van der Waals surface area contributed by atoms with E-state index in [1.54, 1.807) is 0 Å². The van der Waals surface area contributed by atoms with E-state index in [-0.39, 0.29) is 16.3 Å². The molecule has 7 nitrogen and oxygen atoms in total. The second kappa shape index (κ2) is 3.52. The number of ether oxygens (including phenoxy) is 1. The molecule has 0 spiro atoms. The van der Waals surface area contributed by atoms with Crippen LogP contribution in [0.2, 0.25) is 0 Å². The van der Waals surface area contributed by atoms with Crippen LogP contribution in [0.25, 0.3) is 0 Å². The normalized spacial score (nSPS) is 9.69. The number of nitrogens with two attached hydrogens (primary N) is 1. The Hall–Kier alpha value is -1.44. The first-order valence-corrected chi connectivity index (χ1v) is 3.87. The first-order valence-electron chi connectivity index (χ1n) is 3.07. The lowest BCUT2D eigenvalue weighted by Gasteiger charge is -2.01. The maximum absolute atomic E-state index is 10.4. The van der Waals surface area contributed by atoms with E-state index in [9.17, 15) is 10.1 Å². The summed E-state index contributed by atoms with van der Waals surface area (Å²) in [4.78, 5) is 16.8. The van der Waals surface area contributed by atoms with E-state index in [0.717, 1.165) is 0 Å². The van der Waals surface area contributed by atoms with Gasteiger partial charge in [-0.3, -0.25) is 0 Å². The van der Waals surface area contributed by atoms with Crippen molar-refractivity contribution in [1.82, 2.24) is 9.97 Å². The van der Waals surface area contributed by atoms with Crippen molar-refractivity contribution >= 4 is 27.7 Å². The molecule has 1 heterocycles. The van der Waals surface area contributed by atoms with Crippen LogP contribution in [0.4, 0.5) is 11.8 Å².